The summed E-state index contributed by atoms with van der Waals surface area (Å²) >= 11 is 1.59. The Morgan fingerprint density at radius 1 is 1.41 bits per heavy atom. The van der Waals surface area contributed by atoms with E-state index in [1.807, 2.05) is 36.7 Å². The maximum Gasteiger partial charge on any atom is 0.170 e. The largest absolute Gasteiger partial charge is 0.508 e. The summed E-state index contributed by atoms with van der Waals surface area (Å²) < 4.78 is 6.09. The van der Waals surface area contributed by atoms with E-state index in [1.54, 1.807) is 23.5 Å². The van der Waals surface area contributed by atoms with Gasteiger partial charge in [-0.15, -0.1) is 0 Å². The molecule has 0 saturated carbocycles. The lowest BCUT2D eigenvalue weighted by Gasteiger charge is -2.27. The highest BCUT2D eigenvalue weighted by Crippen LogP contribution is 2.41. The summed E-state index contributed by atoms with van der Waals surface area (Å²) in [5, 5.41) is 14.1. The third-order valence-electron chi connectivity index (χ3n) is 3.80. The number of ether oxygens (including phenoxy) is 1. The molecule has 114 valence electrons. The zero-order valence-electron chi connectivity index (χ0n) is 12.6. The third-order valence-corrected chi connectivity index (χ3v) is 4.50. The lowest BCUT2D eigenvalue weighted by Crippen LogP contribution is -2.21. The van der Waals surface area contributed by atoms with Gasteiger partial charge < -0.3 is 9.84 Å². The predicted octanol–water partition coefficient (Wildman–Crippen LogP) is 4.67. The molecule has 3 rings (SSSR count). The molecule has 1 aromatic heterocycles. The molecule has 1 aliphatic heterocycles. The van der Waals surface area contributed by atoms with E-state index in [0.717, 1.165) is 11.1 Å². The summed E-state index contributed by atoms with van der Waals surface area (Å²) in [6.07, 6.45) is 2.66. The van der Waals surface area contributed by atoms with Gasteiger partial charge in [0.25, 0.3) is 0 Å². The fraction of sp³-hybridized carbons (Fsp3) is 0.278. The Morgan fingerprint density at radius 3 is 2.91 bits per heavy atom. The molecule has 0 saturated heterocycles. The molecule has 1 aliphatic rings. The lowest BCUT2D eigenvalue weighted by atomic mass is 9.94. The van der Waals surface area contributed by atoms with Gasteiger partial charge in [0.05, 0.1) is 12.0 Å². The number of aromatic hydroxyl groups is 1. The minimum atomic E-state index is -0.265. The summed E-state index contributed by atoms with van der Waals surface area (Å²) in [7, 11) is 0. The number of thiophene rings is 1. The molecule has 0 radical (unpaired) electrons. The number of hydrogen-bond donors (Lipinski definition) is 1. The average molecular weight is 314 g/mol. The number of rotatable bonds is 3. The minimum absolute atomic E-state index is 0.0656. The van der Waals surface area contributed by atoms with Crippen LogP contribution >= 0.6 is 11.3 Å². The van der Waals surface area contributed by atoms with Crippen molar-refractivity contribution in [2.75, 3.05) is 0 Å². The lowest BCUT2D eigenvalue weighted by molar-refractivity contribution is 0.0848. The molecule has 0 bridgehead atoms. The number of benzene rings is 1. The van der Waals surface area contributed by atoms with Gasteiger partial charge in [0.2, 0.25) is 0 Å². The molecule has 22 heavy (non-hydrogen) atoms. The third kappa shape index (κ3) is 2.79. The van der Waals surface area contributed by atoms with Crippen molar-refractivity contribution >= 4 is 17.1 Å². The first-order valence-corrected chi connectivity index (χ1v) is 8.20. The molecule has 1 atom stereocenters. The number of hydrogen-bond acceptors (Lipinski definition) is 4. The first kappa shape index (κ1) is 14.9. The van der Waals surface area contributed by atoms with Crippen molar-refractivity contribution in [3.8, 4) is 11.5 Å². The Bertz CT molecular complexity index is 725. The molecular weight excluding hydrogens is 296 g/mol. The van der Waals surface area contributed by atoms with Gasteiger partial charge in [-0.1, -0.05) is 11.6 Å². The fourth-order valence-corrected chi connectivity index (χ4v) is 3.28. The molecule has 0 fully saturated rings. The Labute approximate surface area is 133 Å². The first-order chi connectivity index (χ1) is 10.6. The zero-order valence-corrected chi connectivity index (χ0v) is 13.4. The number of allylic oxidation sites excluding steroid dienone is 2. The van der Waals surface area contributed by atoms with Crippen LogP contribution in [0.4, 0.5) is 0 Å². The zero-order chi connectivity index (χ0) is 15.7. The molecule has 0 spiro atoms. The number of carbonyl (C=O) groups is 1. The van der Waals surface area contributed by atoms with Crippen LogP contribution in [0.1, 0.15) is 47.9 Å². The quantitative estimate of drug-likeness (QED) is 0.838. The molecule has 1 N–H and O–H groups in total. The second-order valence-corrected chi connectivity index (χ2v) is 6.50. The van der Waals surface area contributed by atoms with E-state index < -0.39 is 0 Å². The number of phenolic OH excluding ortho intramolecular Hbond substituents is 1. The van der Waals surface area contributed by atoms with Crippen molar-refractivity contribution in [1.29, 1.82) is 0 Å². The smallest absolute Gasteiger partial charge is 0.170 e. The maximum absolute atomic E-state index is 12.4. The Balaban J connectivity index is 2.03. The van der Waals surface area contributed by atoms with Crippen molar-refractivity contribution < 1.29 is 14.6 Å². The maximum atomic E-state index is 12.4. The van der Waals surface area contributed by atoms with E-state index in [9.17, 15) is 9.90 Å². The number of phenols is 1. The normalized spacial score (nSPS) is 16.8. The van der Waals surface area contributed by atoms with Crippen LogP contribution in [0.15, 0.2) is 40.6 Å². The molecule has 2 aromatic rings. The summed E-state index contributed by atoms with van der Waals surface area (Å²) in [5.41, 5.74) is 3.43. The Kier molecular flexibility index (Phi) is 4.03. The SMILES string of the molecule is CC(C)=CCc1c(O)ccc2c1OC(c1ccsc1)CC2=O. The van der Waals surface area contributed by atoms with Crippen LogP contribution in [-0.2, 0) is 6.42 Å². The summed E-state index contributed by atoms with van der Waals surface area (Å²) in [5.74, 6) is 0.774. The molecule has 0 aliphatic carbocycles. The molecule has 1 aromatic carbocycles. The average Bonchev–Trinajstić information content (AvgIpc) is 2.99. The molecule has 3 nitrogen and oxygen atoms in total. The van der Waals surface area contributed by atoms with Gasteiger partial charge in [0.1, 0.15) is 17.6 Å². The van der Waals surface area contributed by atoms with Gasteiger partial charge in [0, 0.05) is 11.1 Å². The van der Waals surface area contributed by atoms with Crippen LogP contribution in [0.5, 0.6) is 11.5 Å². The summed E-state index contributed by atoms with van der Waals surface area (Å²) in [4.78, 5) is 12.4. The molecule has 2 heterocycles. The fourth-order valence-electron chi connectivity index (χ4n) is 2.58. The van der Waals surface area contributed by atoms with Gasteiger partial charge >= 0.3 is 0 Å². The van der Waals surface area contributed by atoms with E-state index in [2.05, 4.69) is 0 Å². The highest BCUT2D eigenvalue weighted by Gasteiger charge is 2.30. The molecule has 4 heteroatoms. The topological polar surface area (TPSA) is 46.5 Å². The summed E-state index contributed by atoms with van der Waals surface area (Å²) in [6.45, 7) is 4.01. The van der Waals surface area contributed by atoms with Crippen LogP contribution in [-0.4, -0.2) is 10.9 Å². The van der Waals surface area contributed by atoms with E-state index in [4.69, 9.17) is 4.74 Å². The number of Topliss-reactive ketones (excluding diaryl/α,β-unsaturated/α-hetero) is 1. The van der Waals surface area contributed by atoms with E-state index in [0.29, 0.717) is 29.7 Å². The monoisotopic (exact) mass is 314 g/mol. The second-order valence-electron chi connectivity index (χ2n) is 5.72. The van der Waals surface area contributed by atoms with Crippen LogP contribution < -0.4 is 4.74 Å². The van der Waals surface area contributed by atoms with Crippen LogP contribution in [0, 0.1) is 0 Å². The van der Waals surface area contributed by atoms with Gasteiger partial charge in [-0.2, -0.15) is 11.3 Å². The first-order valence-electron chi connectivity index (χ1n) is 7.26. The summed E-state index contributed by atoms with van der Waals surface area (Å²) in [6, 6.07) is 5.22. The standard InChI is InChI=1S/C18H18O3S/c1-11(2)3-4-13-15(19)6-5-14-16(20)9-17(21-18(13)14)12-7-8-22-10-12/h3,5-8,10,17,19H,4,9H2,1-2H3. The highest BCUT2D eigenvalue weighted by atomic mass is 32.1. The van der Waals surface area contributed by atoms with Crippen LogP contribution in [0.25, 0.3) is 0 Å². The number of ketones is 1. The Hall–Kier alpha value is -2.07. The van der Waals surface area contributed by atoms with Crippen LogP contribution in [0.3, 0.4) is 0 Å². The van der Waals surface area contributed by atoms with Crippen LogP contribution in [0.2, 0.25) is 0 Å². The minimum Gasteiger partial charge on any atom is -0.508 e. The van der Waals surface area contributed by atoms with Crippen molar-refractivity contribution in [2.45, 2.75) is 32.8 Å². The molecular formula is C18H18O3S. The van der Waals surface area contributed by atoms with Gasteiger partial charge in [0.15, 0.2) is 5.78 Å². The van der Waals surface area contributed by atoms with Crippen molar-refractivity contribution in [1.82, 2.24) is 0 Å². The molecule has 1 unspecified atom stereocenters. The van der Waals surface area contributed by atoms with Crippen molar-refractivity contribution in [3.05, 3.63) is 57.3 Å². The number of carbonyl (C=O) groups excluding carboxylic acids is 1. The number of fused-ring (bicyclic) bond motifs is 1. The van der Waals surface area contributed by atoms with E-state index >= 15 is 0 Å². The van der Waals surface area contributed by atoms with Gasteiger partial charge in [-0.25, -0.2) is 0 Å². The van der Waals surface area contributed by atoms with Crippen molar-refractivity contribution in [3.63, 3.8) is 0 Å². The highest BCUT2D eigenvalue weighted by molar-refractivity contribution is 7.07. The van der Waals surface area contributed by atoms with Crippen molar-refractivity contribution in [2.24, 2.45) is 0 Å². The Morgan fingerprint density at radius 2 is 2.23 bits per heavy atom. The molecule has 0 amide bonds. The van der Waals surface area contributed by atoms with Gasteiger partial charge in [-0.3, -0.25) is 4.79 Å². The van der Waals surface area contributed by atoms with Gasteiger partial charge in [-0.05, 0) is 49.2 Å². The van der Waals surface area contributed by atoms with E-state index in [-0.39, 0.29) is 17.6 Å². The second kappa shape index (κ2) is 5.97. The predicted molar refractivity (Wildman–Crippen MR) is 87.9 cm³/mol. The van der Waals surface area contributed by atoms with E-state index in [1.165, 1.54) is 0 Å².